The van der Waals surface area contributed by atoms with Gasteiger partial charge in [0.1, 0.15) is 0 Å². The number of carbonyl (C=O) groups is 1. The predicted octanol–water partition coefficient (Wildman–Crippen LogP) is 1.40. The highest BCUT2D eigenvalue weighted by molar-refractivity contribution is 6.17. The van der Waals surface area contributed by atoms with Gasteiger partial charge in [0.2, 0.25) is 0 Å². The van der Waals surface area contributed by atoms with Crippen molar-refractivity contribution in [1.29, 1.82) is 0 Å². The van der Waals surface area contributed by atoms with Gasteiger partial charge < -0.3 is 4.90 Å². The van der Waals surface area contributed by atoms with Gasteiger partial charge in [-0.3, -0.25) is 5.01 Å². The third kappa shape index (κ3) is 3.35. The predicted molar refractivity (Wildman–Crippen MR) is 57.1 cm³/mol. The molecule has 0 saturated carbocycles. The summed E-state index contributed by atoms with van der Waals surface area (Å²) in [5.74, 6) is 6.16. The van der Waals surface area contributed by atoms with Crippen LogP contribution in [0.4, 0.5) is 4.79 Å². The summed E-state index contributed by atoms with van der Waals surface area (Å²) in [6.45, 7) is 2.22. The largest absolute Gasteiger partial charge is 0.334 e. The first kappa shape index (κ1) is 11.6. The van der Waals surface area contributed by atoms with E-state index in [1.165, 1.54) is 11.4 Å². The number of piperidine rings is 1. The van der Waals surface area contributed by atoms with E-state index in [-0.39, 0.29) is 6.03 Å². The van der Waals surface area contributed by atoms with E-state index in [0.29, 0.717) is 12.4 Å². The van der Waals surface area contributed by atoms with Gasteiger partial charge in [0.05, 0.1) is 0 Å². The summed E-state index contributed by atoms with van der Waals surface area (Å²) in [6.07, 6.45) is 4.15. The molecule has 4 nitrogen and oxygen atoms in total. The first-order valence-corrected chi connectivity index (χ1v) is 5.66. The summed E-state index contributed by atoms with van der Waals surface area (Å²) >= 11 is 5.53. The smallest absolute Gasteiger partial charge is 0.324 e. The molecule has 2 amide bonds. The lowest BCUT2D eigenvalue weighted by molar-refractivity contribution is 0.144. The fourth-order valence-electron chi connectivity index (χ4n) is 1.59. The zero-order valence-electron chi connectivity index (χ0n) is 8.41. The van der Waals surface area contributed by atoms with Gasteiger partial charge in [-0.15, -0.1) is 11.6 Å². The maximum absolute atomic E-state index is 11.7. The molecule has 5 heteroatoms. The van der Waals surface area contributed by atoms with Crippen LogP contribution in [0.5, 0.6) is 0 Å². The number of hydrazine groups is 1. The molecule has 0 aromatic heterocycles. The maximum Gasteiger partial charge on any atom is 0.334 e. The molecule has 1 fully saturated rings. The van der Waals surface area contributed by atoms with Crippen molar-refractivity contribution in [2.45, 2.75) is 25.7 Å². The van der Waals surface area contributed by atoms with Crippen molar-refractivity contribution in [1.82, 2.24) is 9.91 Å². The summed E-state index contributed by atoms with van der Waals surface area (Å²) in [7, 11) is 0. The van der Waals surface area contributed by atoms with Crippen molar-refractivity contribution in [3.05, 3.63) is 0 Å². The summed E-state index contributed by atoms with van der Waals surface area (Å²) in [4.78, 5) is 13.5. The number of nitrogens with two attached hydrogens (primary N) is 1. The van der Waals surface area contributed by atoms with Crippen molar-refractivity contribution in [2.24, 2.45) is 5.84 Å². The molecule has 1 aliphatic heterocycles. The quantitative estimate of drug-likeness (QED) is 0.338. The summed E-state index contributed by atoms with van der Waals surface area (Å²) < 4.78 is 0. The van der Waals surface area contributed by atoms with Gasteiger partial charge in [0.25, 0.3) is 0 Å². The molecule has 0 atom stereocenters. The fraction of sp³-hybridized carbons (Fsp3) is 0.889. The Labute approximate surface area is 89.9 Å². The second-order valence-electron chi connectivity index (χ2n) is 3.57. The molecule has 0 aromatic rings. The number of urea groups is 1. The van der Waals surface area contributed by atoms with E-state index in [1.807, 2.05) is 4.90 Å². The van der Waals surface area contributed by atoms with Crippen LogP contribution in [-0.4, -0.2) is 41.5 Å². The number of likely N-dealkylation sites (tertiary alicyclic amines) is 1. The van der Waals surface area contributed by atoms with Crippen LogP contribution in [0.25, 0.3) is 0 Å². The molecular formula is C9H18ClN3O. The first-order chi connectivity index (χ1) is 6.75. The van der Waals surface area contributed by atoms with Crippen LogP contribution in [0.1, 0.15) is 25.7 Å². The third-order valence-corrected chi connectivity index (χ3v) is 2.67. The maximum atomic E-state index is 11.7. The van der Waals surface area contributed by atoms with Crippen LogP contribution >= 0.6 is 11.6 Å². The zero-order chi connectivity index (χ0) is 10.4. The van der Waals surface area contributed by atoms with Gasteiger partial charge in [0, 0.05) is 25.5 Å². The molecule has 82 valence electrons. The lowest BCUT2D eigenvalue weighted by Crippen LogP contribution is -2.49. The normalized spacial score (nSPS) is 16.9. The van der Waals surface area contributed by atoms with Crippen LogP contribution in [0.3, 0.4) is 0 Å². The Bertz CT molecular complexity index is 183. The van der Waals surface area contributed by atoms with Gasteiger partial charge in [-0.05, 0) is 25.7 Å². The molecule has 1 rings (SSSR count). The topological polar surface area (TPSA) is 49.6 Å². The van der Waals surface area contributed by atoms with Crippen LogP contribution in [0.15, 0.2) is 0 Å². The number of rotatable bonds is 3. The molecular weight excluding hydrogens is 202 g/mol. The Hall–Kier alpha value is -0.480. The van der Waals surface area contributed by atoms with E-state index in [9.17, 15) is 4.79 Å². The van der Waals surface area contributed by atoms with E-state index < -0.39 is 0 Å². The van der Waals surface area contributed by atoms with Crippen LogP contribution < -0.4 is 5.84 Å². The average Bonchev–Trinajstić information content (AvgIpc) is 2.26. The molecule has 0 aliphatic carbocycles. The van der Waals surface area contributed by atoms with Crippen molar-refractivity contribution in [2.75, 3.05) is 25.5 Å². The van der Waals surface area contributed by atoms with Crippen LogP contribution in [-0.2, 0) is 0 Å². The lowest BCUT2D eigenvalue weighted by atomic mass is 10.1. The Balaban J connectivity index is 2.30. The molecule has 0 spiro atoms. The van der Waals surface area contributed by atoms with Gasteiger partial charge in [-0.25, -0.2) is 10.6 Å². The SMILES string of the molecule is NN(CCCCl)C(=O)N1CCCCC1. The van der Waals surface area contributed by atoms with Crippen molar-refractivity contribution >= 4 is 17.6 Å². The Kier molecular flexibility index (Phi) is 5.04. The number of carbonyl (C=O) groups excluding carboxylic acids is 1. The van der Waals surface area contributed by atoms with E-state index in [1.54, 1.807) is 0 Å². The summed E-state index contributed by atoms with van der Waals surface area (Å²) in [5, 5.41) is 1.27. The molecule has 0 radical (unpaired) electrons. The average molecular weight is 220 g/mol. The summed E-state index contributed by atoms with van der Waals surface area (Å²) in [6, 6.07) is -0.0604. The minimum absolute atomic E-state index is 0.0604. The highest BCUT2D eigenvalue weighted by atomic mass is 35.5. The Morgan fingerprint density at radius 2 is 2.00 bits per heavy atom. The molecule has 0 bridgehead atoms. The van der Waals surface area contributed by atoms with Crippen LogP contribution in [0.2, 0.25) is 0 Å². The fourth-order valence-corrected chi connectivity index (χ4v) is 1.71. The highest BCUT2D eigenvalue weighted by Gasteiger charge is 2.19. The minimum atomic E-state index is -0.0604. The molecule has 0 aromatic carbocycles. The van der Waals surface area contributed by atoms with Crippen molar-refractivity contribution in [3.8, 4) is 0 Å². The standard InChI is InChI=1S/C9H18ClN3O/c10-5-4-8-13(11)9(14)12-6-2-1-3-7-12/h1-8,11H2. The van der Waals surface area contributed by atoms with Crippen molar-refractivity contribution < 1.29 is 4.79 Å². The number of nitrogens with zero attached hydrogens (tertiary/aromatic N) is 2. The van der Waals surface area contributed by atoms with E-state index >= 15 is 0 Å². The van der Waals surface area contributed by atoms with E-state index in [2.05, 4.69) is 0 Å². The number of amides is 2. The number of alkyl halides is 1. The number of halogens is 1. The molecule has 0 unspecified atom stereocenters. The van der Waals surface area contributed by atoms with E-state index in [4.69, 9.17) is 17.4 Å². The third-order valence-electron chi connectivity index (χ3n) is 2.40. The zero-order valence-corrected chi connectivity index (χ0v) is 9.17. The molecule has 14 heavy (non-hydrogen) atoms. The highest BCUT2D eigenvalue weighted by Crippen LogP contribution is 2.10. The number of hydrogen-bond donors (Lipinski definition) is 1. The monoisotopic (exact) mass is 219 g/mol. The van der Waals surface area contributed by atoms with Crippen LogP contribution in [0, 0.1) is 0 Å². The Morgan fingerprint density at radius 1 is 1.36 bits per heavy atom. The summed E-state index contributed by atoms with van der Waals surface area (Å²) in [5.41, 5.74) is 0. The lowest BCUT2D eigenvalue weighted by Gasteiger charge is -2.30. The van der Waals surface area contributed by atoms with Crippen molar-refractivity contribution in [3.63, 3.8) is 0 Å². The van der Waals surface area contributed by atoms with Gasteiger partial charge in [-0.1, -0.05) is 0 Å². The second kappa shape index (κ2) is 6.09. The molecule has 1 aliphatic rings. The van der Waals surface area contributed by atoms with Gasteiger partial charge in [-0.2, -0.15) is 0 Å². The molecule has 2 N–H and O–H groups in total. The minimum Gasteiger partial charge on any atom is -0.324 e. The molecule has 1 heterocycles. The second-order valence-corrected chi connectivity index (χ2v) is 3.94. The molecule has 1 saturated heterocycles. The Morgan fingerprint density at radius 3 is 2.57 bits per heavy atom. The van der Waals surface area contributed by atoms with Gasteiger partial charge in [0.15, 0.2) is 0 Å². The first-order valence-electron chi connectivity index (χ1n) is 5.13. The number of hydrogen-bond acceptors (Lipinski definition) is 2. The van der Waals surface area contributed by atoms with E-state index in [0.717, 1.165) is 32.4 Å². The van der Waals surface area contributed by atoms with Gasteiger partial charge >= 0.3 is 6.03 Å².